The van der Waals surface area contributed by atoms with Gasteiger partial charge in [0, 0.05) is 6.20 Å². The SMILES string of the molecule is N#CC(C#N)=CNc1c(F)c(F)c(F)c(F)c1[N+](=O)[O-]. The van der Waals surface area contributed by atoms with E-state index >= 15 is 0 Å². The van der Waals surface area contributed by atoms with Crippen LogP contribution in [-0.2, 0) is 0 Å². The molecule has 0 saturated carbocycles. The minimum atomic E-state index is -2.34. The lowest BCUT2D eigenvalue weighted by Crippen LogP contribution is -2.08. The summed E-state index contributed by atoms with van der Waals surface area (Å²) in [6.07, 6.45) is 0.488. The number of anilines is 1. The maximum atomic E-state index is 13.4. The van der Waals surface area contributed by atoms with E-state index in [4.69, 9.17) is 10.5 Å². The van der Waals surface area contributed by atoms with Gasteiger partial charge in [-0.3, -0.25) is 10.1 Å². The normalized spacial score (nSPS) is 9.30. The molecular formula is C10H2F4N4O2. The van der Waals surface area contributed by atoms with Gasteiger partial charge in [0.15, 0.2) is 17.3 Å². The molecule has 0 spiro atoms. The van der Waals surface area contributed by atoms with Crippen molar-refractivity contribution in [1.82, 2.24) is 0 Å². The van der Waals surface area contributed by atoms with E-state index in [-0.39, 0.29) is 0 Å². The van der Waals surface area contributed by atoms with Gasteiger partial charge in [0.25, 0.3) is 0 Å². The fourth-order valence-corrected chi connectivity index (χ4v) is 1.16. The smallest absolute Gasteiger partial charge is 0.334 e. The van der Waals surface area contributed by atoms with Crippen molar-refractivity contribution in [2.75, 3.05) is 5.32 Å². The molecule has 0 radical (unpaired) electrons. The number of nitrogens with zero attached hydrogens (tertiary/aromatic N) is 3. The summed E-state index contributed by atoms with van der Waals surface area (Å²) in [6.45, 7) is 0. The average Bonchev–Trinajstić information content (AvgIpc) is 2.42. The number of nitro groups is 1. The molecule has 0 aliphatic rings. The van der Waals surface area contributed by atoms with Gasteiger partial charge in [0.2, 0.25) is 11.6 Å². The molecule has 0 aromatic heterocycles. The summed E-state index contributed by atoms with van der Waals surface area (Å²) in [6, 6.07) is 2.63. The first-order chi connectivity index (χ1) is 9.34. The largest absolute Gasteiger partial charge is 0.352 e. The van der Waals surface area contributed by atoms with Crippen LogP contribution < -0.4 is 5.32 Å². The minimum absolute atomic E-state index is 0.488. The van der Waals surface area contributed by atoms with Gasteiger partial charge in [-0.15, -0.1) is 0 Å². The number of rotatable bonds is 3. The second-order valence-electron chi connectivity index (χ2n) is 3.16. The van der Waals surface area contributed by atoms with Crippen LogP contribution in [0.1, 0.15) is 0 Å². The van der Waals surface area contributed by atoms with Crippen LogP contribution in [0, 0.1) is 56.0 Å². The molecule has 102 valence electrons. The van der Waals surface area contributed by atoms with Crippen molar-refractivity contribution in [3.8, 4) is 12.1 Å². The lowest BCUT2D eigenvalue weighted by Gasteiger charge is -2.07. The molecule has 1 rings (SSSR count). The molecule has 0 unspecified atom stereocenters. The summed E-state index contributed by atoms with van der Waals surface area (Å²) in [5.74, 6) is -8.87. The quantitative estimate of drug-likeness (QED) is 0.229. The second kappa shape index (κ2) is 5.67. The van der Waals surface area contributed by atoms with Crippen molar-refractivity contribution < 1.29 is 22.5 Å². The van der Waals surface area contributed by atoms with Gasteiger partial charge in [-0.25, -0.2) is 13.2 Å². The molecule has 0 fully saturated rings. The predicted molar refractivity (Wildman–Crippen MR) is 55.9 cm³/mol. The van der Waals surface area contributed by atoms with E-state index in [1.807, 2.05) is 0 Å². The van der Waals surface area contributed by atoms with Crippen LogP contribution in [0.2, 0.25) is 0 Å². The highest BCUT2D eigenvalue weighted by Gasteiger charge is 2.32. The highest BCUT2D eigenvalue weighted by Crippen LogP contribution is 2.34. The van der Waals surface area contributed by atoms with Gasteiger partial charge >= 0.3 is 5.69 Å². The van der Waals surface area contributed by atoms with E-state index in [0.717, 1.165) is 0 Å². The number of nitriles is 2. The molecule has 0 atom stereocenters. The van der Waals surface area contributed by atoms with Crippen LogP contribution in [0.15, 0.2) is 11.8 Å². The van der Waals surface area contributed by atoms with Crippen molar-refractivity contribution in [2.45, 2.75) is 0 Å². The van der Waals surface area contributed by atoms with E-state index in [1.165, 1.54) is 12.1 Å². The van der Waals surface area contributed by atoms with Crippen LogP contribution in [-0.4, -0.2) is 4.92 Å². The van der Waals surface area contributed by atoms with Crippen LogP contribution >= 0.6 is 0 Å². The highest BCUT2D eigenvalue weighted by molar-refractivity contribution is 5.65. The van der Waals surface area contributed by atoms with Crippen LogP contribution in [0.5, 0.6) is 0 Å². The fraction of sp³-hybridized carbons (Fsp3) is 0. The van der Waals surface area contributed by atoms with Crippen molar-refractivity contribution in [3.05, 3.63) is 45.2 Å². The van der Waals surface area contributed by atoms with E-state index in [2.05, 4.69) is 0 Å². The Morgan fingerprint density at radius 1 is 1.10 bits per heavy atom. The zero-order valence-corrected chi connectivity index (χ0v) is 9.25. The van der Waals surface area contributed by atoms with E-state index < -0.39 is 45.1 Å². The molecule has 0 aliphatic heterocycles. The summed E-state index contributed by atoms with van der Waals surface area (Å²) in [7, 11) is 0. The van der Waals surface area contributed by atoms with Crippen LogP contribution in [0.25, 0.3) is 0 Å². The first-order valence-corrected chi connectivity index (χ1v) is 4.62. The molecule has 1 aromatic rings. The van der Waals surface area contributed by atoms with Gasteiger partial charge in [0.1, 0.15) is 17.7 Å². The molecule has 0 bridgehead atoms. The first-order valence-electron chi connectivity index (χ1n) is 4.62. The zero-order chi connectivity index (χ0) is 15.4. The van der Waals surface area contributed by atoms with Crippen molar-refractivity contribution in [3.63, 3.8) is 0 Å². The third-order valence-corrected chi connectivity index (χ3v) is 2.03. The number of nitro benzene ring substituents is 1. The predicted octanol–water partition coefficient (Wildman–Crippen LogP) is 2.49. The number of benzene rings is 1. The Kier molecular flexibility index (Phi) is 4.23. The molecular weight excluding hydrogens is 284 g/mol. The molecule has 20 heavy (non-hydrogen) atoms. The van der Waals surface area contributed by atoms with Gasteiger partial charge < -0.3 is 5.32 Å². The maximum absolute atomic E-state index is 13.4. The van der Waals surface area contributed by atoms with Gasteiger partial charge in [-0.05, 0) is 0 Å². The Balaban J connectivity index is 3.55. The van der Waals surface area contributed by atoms with Crippen LogP contribution in [0.4, 0.5) is 28.9 Å². The van der Waals surface area contributed by atoms with Crippen molar-refractivity contribution >= 4 is 11.4 Å². The lowest BCUT2D eigenvalue weighted by atomic mass is 10.2. The second-order valence-corrected chi connectivity index (χ2v) is 3.16. The Labute approximate surface area is 108 Å². The fourth-order valence-electron chi connectivity index (χ4n) is 1.16. The van der Waals surface area contributed by atoms with E-state index in [0.29, 0.717) is 6.20 Å². The van der Waals surface area contributed by atoms with Gasteiger partial charge in [-0.1, -0.05) is 0 Å². The number of hydrogen-bond donors (Lipinski definition) is 1. The monoisotopic (exact) mass is 286 g/mol. The minimum Gasteiger partial charge on any atom is -0.352 e. The van der Waals surface area contributed by atoms with E-state index in [1.54, 1.807) is 5.32 Å². The average molecular weight is 286 g/mol. The molecule has 6 nitrogen and oxygen atoms in total. The Bertz CT molecular complexity index is 687. The van der Waals surface area contributed by atoms with Crippen molar-refractivity contribution in [2.24, 2.45) is 0 Å². The molecule has 1 N–H and O–H groups in total. The standard InChI is InChI=1S/C10H2F4N4O2/c11-5-6(12)8(14)10(18(19)20)9(7(5)13)17-3-4(1-15)2-16/h3,17H. The number of hydrogen-bond acceptors (Lipinski definition) is 5. The zero-order valence-electron chi connectivity index (χ0n) is 9.25. The molecule has 0 amide bonds. The lowest BCUT2D eigenvalue weighted by molar-refractivity contribution is -0.387. The summed E-state index contributed by atoms with van der Waals surface area (Å²) in [5.41, 5.74) is -3.67. The van der Waals surface area contributed by atoms with E-state index in [9.17, 15) is 27.7 Å². The summed E-state index contributed by atoms with van der Waals surface area (Å²) < 4.78 is 52.5. The molecule has 0 heterocycles. The summed E-state index contributed by atoms with van der Waals surface area (Å²) in [4.78, 5) is 9.08. The Hall–Kier alpha value is -3.14. The van der Waals surface area contributed by atoms with Crippen molar-refractivity contribution in [1.29, 1.82) is 10.5 Å². The summed E-state index contributed by atoms with van der Waals surface area (Å²) in [5, 5.41) is 29.0. The number of nitrogens with one attached hydrogen (secondary N) is 1. The molecule has 10 heteroatoms. The topological polar surface area (TPSA) is 103 Å². The van der Waals surface area contributed by atoms with Gasteiger partial charge in [-0.2, -0.15) is 14.9 Å². The summed E-state index contributed by atoms with van der Waals surface area (Å²) >= 11 is 0. The Morgan fingerprint density at radius 2 is 1.60 bits per heavy atom. The molecule has 0 aliphatic carbocycles. The third kappa shape index (κ3) is 2.49. The number of allylic oxidation sites excluding steroid dienone is 1. The maximum Gasteiger partial charge on any atom is 0.334 e. The molecule has 0 saturated heterocycles. The molecule has 1 aromatic carbocycles. The van der Waals surface area contributed by atoms with Gasteiger partial charge in [0.05, 0.1) is 4.92 Å². The Morgan fingerprint density at radius 3 is 2.05 bits per heavy atom. The van der Waals surface area contributed by atoms with Crippen LogP contribution in [0.3, 0.4) is 0 Å². The third-order valence-electron chi connectivity index (χ3n) is 2.03. The number of halogens is 4. The first kappa shape index (κ1) is 14.9. The highest BCUT2D eigenvalue weighted by atomic mass is 19.2.